The molecule has 1 amide bonds. The second-order valence-electron chi connectivity index (χ2n) is 9.60. The Morgan fingerprint density at radius 2 is 1.61 bits per heavy atom. The highest BCUT2D eigenvalue weighted by molar-refractivity contribution is 7.89. The molecule has 3 fully saturated rings. The van der Waals surface area contributed by atoms with Crippen molar-refractivity contribution in [2.75, 3.05) is 32.7 Å². The van der Waals surface area contributed by atoms with Crippen LogP contribution < -0.4 is 5.32 Å². The van der Waals surface area contributed by atoms with E-state index in [9.17, 15) is 13.2 Å². The summed E-state index contributed by atoms with van der Waals surface area (Å²) in [5, 5.41) is 3.24. The van der Waals surface area contributed by atoms with Gasteiger partial charge < -0.3 is 10.2 Å². The standard InChI is InChI=1S/C24H37N3O3S/c28-24(25-22-13-16-26(17-14-22)18-20-8-3-1-4-9-20)21-10-7-15-27(19-21)31(29,30)23-11-5-2-6-12-23/h2,5-6,11-12,20-22H,1,3-4,7-10,13-19H2,(H,25,28). The maximum Gasteiger partial charge on any atom is 0.243 e. The predicted octanol–water partition coefficient (Wildman–Crippen LogP) is 3.25. The maximum atomic E-state index is 12.9. The molecule has 0 spiro atoms. The second-order valence-corrected chi connectivity index (χ2v) is 11.5. The zero-order valence-electron chi connectivity index (χ0n) is 18.5. The average Bonchev–Trinajstić information content (AvgIpc) is 2.82. The fourth-order valence-electron chi connectivity index (χ4n) is 5.43. The molecule has 2 heterocycles. The highest BCUT2D eigenvalue weighted by Gasteiger charge is 2.34. The Morgan fingerprint density at radius 1 is 0.903 bits per heavy atom. The van der Waals surface area contributed by atoms with E-state index in [1.165, 1.54) is 43.0 Å². The molecule has 1 atom stereocenters. The van der Waals surface area contributed by atoms with Crippen molar-refractivity contribution in [1.29, 1.82) is 0 Å². The second kappa shape index (κ2) is 10.5. The number of likely N-dealkylation sites (tertiary alicyclic amines) is 1. The molecule has 1 aromatic carbocycles. The Hall–Kier alpha value is -1.44. The Kier molecular flexibility index (Phi) is 7.67. The molecule has 1 aromatic rings. The van der Waals surface area contributed by atoms with Crippen LogP contribution in [0.1, 0.15) is 57.8 Å². The molecule has 0 aromatic heterocycles. The van der Waals surface area contributed by atoms with Crippen LogP contribution >= 0.6 is 0 Å². The third-order valence-electron chi connectivity index (χ3n) is 7.31. The van der Waals surface area contributed by atoms with Crippen LogP contribution in [0, 0.1) is 11.8 Å². The van der Waals surface area contributed by atoms with Crippen LogP contribution in [0.3, 0.4) is 0 Å². The number of hydrogen-bond acceptors (Lipinski definition) is 4. The maximum absolute atomic E-state index is 12.9. The molecule has 6 nitrogen and oxygen atoms in total. The Labute approximate surface area is 187 Å². The number of benzene rings is 1. The number of piperidine rings is 2. The first-order valence-corrected chi connectivity index (χ1v) is 13.5. The monoisotopic (exact) mass is 447 g/mol. The zero-order valence-corrected chi connectivity index (χ0v) is 19.4. The van der Waals surface area contributed by atoms with Gasteiger partial charge in [0.25, 0.3) is 0 Å². The molecular weight excluding hydrogens is 410 g/mol. The number of carbonyl (C=O) groups excluding carboxylic acids is 1. The highest BCUT2D eigenvalue weighted by Crippen LogP contribution is 2.26. The molecule has 1 aliphatic carbocycles. The quantitative estimate of drug-likeness (QED) is 0.727. The lowest BCUT2D eigenvalue weighted by Crippen LogP contribution is -2.50. The molecule has 1 saturated carbocycles. The predicted molar refractivity (Wildman–Crippen MR) is 122 cm³/mol. The first kappa shape index (κ1) is 22.7. The van der Waals surface area contributed by atoms with Gasteiger partial charge in [0.1, 0.15) is 0 Å². The fraction of sp³-hybridized carbons (Fsp3) is 0.708. The Balaban J connectivity index is 1.25. The van der Waals surface area contributed by atoms with E-state index >= 15 is 0 Å². The van der Waals surface area contributed by atoms with Crippen molar-refractivity contribution >= 4 is 15.9 Å². The van der Waals surface area contributed by atoms with Crippen molar-refractivity contribution in [3.63, 3.8) is 0 Å². The summed E-state index contributed by atoms with van der Waals surface area (Å²) in [4.78, 5) is 15.8. The number of sulfonamides is 1. The van der Waals surface area contributed by atoms with E-state index in [0.29, 0.717) is 11.4 Å². The summed E-state index contributed by atoms with van der Waals surface area (Å²) < 4.78 is 27.4. The van der Waals surface area contributed by atoms with Gasteiger partial charge in [-0.2, -0.15) is 4.31 Å². The lowest BCUT2D eigenvalue weighted by atomic mass is 9.88. The number of rotatable bonds is 6. The largest absolute Gasteiger partial charge is 0.353 e. The molecular formula is C24H37N3O3S. The van der Waals surface area contributed by atoms with Gasteiger partial charge in [-0.25, -0.2) is 8.42 Å². The Morgan fingerprint density at radius 3 is 2.32 bits per heavy atom. The van der Waals surface area contributed by atoms with Crippen LogP contribution in [-0.2, 0) is 14.8 Å². The van der Waals surface area contributed by atoms with Crippen LogP contribution in [0.5, 0.6) is 0 Å². The number of amides is 1. The molecule has 2 aliphatic heterocycles. The molecule has 0 bridgehead atoms. The van der Waals surface area contributed by atoms with Gasteiger partial charge >= 0.3 is 0 Å². The SMILES string of the molecule is O=C(NC1CCN(CC2CCCCC2)CC1)C1CCCN(S(=O)(=O)c2ccccc2)C1. The first-order chi connectivity index (χ1) is 15.0. The van der Waals surface area contributed by atoms with Gasteiger partial charge in [0, 0.05) is 38.8 Å². The molecule has 7 heteroatoms. The van der Waals surface area contributed by atoms with E-state index in [0.717, 1.165) is 44.7 Å². The smallest absolute Gasteiger partial charge is 0.243 e. The van der Waals surface area contributed by atoms with Gasteiger partial charge in [-0.1, -0.05) is 37.5 Å². The third kappa shape index (κ3) is 5.88. The van der Waals surface area contributed by atoms with Crippen LogP contribution in [0.2, 0.25) is 0 Å². The van der Waals surface area contributed by atoms with Gasteiger partial charge in [0.05, 0.1) is 10.8 Å². The zero-order chi connectivity index (χ0) is 21.7. The number of carbonyl (C=O) groups is 1. The van der Waals surface area contributed by atoms with Crippen LogP contribution in [-0.4, -0.2) is 62.3 Å². The van der Waals surface area contributed by atoms with E-state index in [4.69, 9.17) is 0 Å². The van der Waals surface area contributed by atoms with E-state index in [1.54, 1.807) is 24.3 Å². The molecule has 2 saturated heterocycles. The summed E-state index contributed by atoms with van der Waals surface area (Å²) in [6.07, 6.45) is 10.4. The molecule has 4 rings (SSSR count). The van der Waals surface area contributed by atoms with Crippen molar-refractivity contribution in [2.45, 2.75) is 68.7 Å². The molecule has 1 N–H and O–H groups in total. The summed E-state index contributed by atoms with van der Waals surface area (Å²) in [7, 11) is -3.54. The van der Waals surface area contributed by atoms with Gasteiger partial charge in [0.15, 0.2) is 0 Å². The minimum atomic E-state index is -3.54. The van der Waals surface area contributed by atoms with Crippen molar-refractivity contribution in [2.24, 2.45) is 11.8 Å². The first-order valence-electron chi connectivity index (χ1n) is 12.1. The van der Waals surface area contributed by atoms with Crippen LogP contribution in [0.4, 0.5) is 0 Å². The minimum Gasteiger partial charge on any atom is -0.353 e. The summed E-state index contributed by atoms with van der Waals surface area (Å²) in [6.45, 7) is 4.10. The van der Waals surface area contributed by atoms with Gasteiger partial charge in [-0.05, 0) is 56.6 Å². The Bertz CT molecular complexity index is 816. The van der Waals surface area contributed by atoms with Gasteiger partial charge in [-0.3, -0.25) is 4.79 Å². The number of nitrogens with one attached hydrogen (secondary N) is 1. The van der Waals surface area contributed by atoms with Crippen LogP contribution in [0.25, 0.3) is 0 Å². The summed E-state index contributed by atoms with van der Waals surface area (Å²) >= 11 is 0. The molecule has 172 valence electrons. The molecule has 1 unspecified atom stereocenters. The minimum absolute atomic E-state index is 0.0266. The van der Waals surface area contributed by atoms with E-state index in [2.05, 4.69) is 10.2 Å². The van der Waals surface area contributed by atoms with E-state index < -0.39 is 10.0 Å². The van der Waals surface area contributed by atoms with Gasteiger partial charge in [0.2, 0.25) is 15.9 Å². The molecule has 3 aliphatic rings. The number of hydrogen-bond donors (Lipinski definition) is 1. The van der Waals surface area contributed by atoms with Gasteiger partial charge in [-0.15, -0.1) is 0 Å². The summed E-state index contributed by atoms with van der Waals surface area (Å²) in [5.41, 5.74) is 0. The van der Waals surface area contributed by atoms with E-state index in [-0.39, 0.29) is 24.4 Å². The third-order valence-corrected chi connectivity index (χ3v) is 9.19. The fourth-order valence-corrected chi connectivity index (χ4v) is 6.97. The normalized spacial score (nSPS) is 25.4. The summed E-state index contributed by atoms with van der Waals surface area (Å²) in [6, 6.07) is 8.76. The highest BCUT2D eigenvalue weighted by atomic mass is 32.2. The van der Waals surface area contributed by atoms with Crippen LogP contribution in [0.15, 0.2) is 35.2 Å². The molecule has 0 radical (unpaired) electrons. The number of nitrogens with zero attached hydrogens (tertiary/aromatic N) is 2. The van der Waals surface area contributed by atoms with E-state index in [1.807, 2.05) is 6.07 Å². The topological polar surface area (TPSA) is 69.7 Å². The molecule has 31 heavy (non-hydrogen) atoms. The average molecular weight is 448 g/mol. The summed E-state index contributed by atoms with van der Waals surface area (Å²) in [5.74, 6) is 0.630. The van der Waals surface area contributed by atoms with Crippen molar-refractivity contribution < 1.29 is 13.2 Å². The van der Waals surface area contributed by atoms with Crippen molar-refractivity contribution in [3.05, 3.63) is 30.3 Å². The lowest BCUT2D eigenvalue weighted by molar-refractivity contribution is -0.127. The lowest BCUT2D eigenvalue weighted by Gasteiger charge is -2.37. The van der Waals surface area contributed by atoms with Crippen molar-refractivity contribution in [1.82, 2.24) is 14.5 Å². The van der Waals surface area contributed by atoms with Crippen molar-refractivity contribution in [3.8, 4) is 0 Å².